The lowest BCUT2D eigenvalue weighted by Crippen LogP contribution is -2.40. The Morgan fingerprint density at radius 3 is 2.41 bits per heavy atom. The van der Waals surface area contributed by atoms with Crippen molar-refractivity contribution in [2.24, 2.45) is 11.8 Å². The highest BCUT2D eigenvalue weighted by Crippen LogP contribution is 2.29. The van der Waals surface area contributed by atoms with Gasteiger partial charge in [-0.15, -0.1) is 0 Å². The van der Waals surface area contributed by atoms with Crippen molar-refractivity contribution in [3.05, 3.63) is 60.2 Å². The standard InChI is InChI=1S/C25H30N2O2/c1-26-15-16-27(25(29)20-11-5-6-12-20)18-22(24(26)28)17-21-13-7-8-14-23(21)19-9-3-2-4-10-19/h2-4,7-10,13-14,20,22H,5-6,11-12,15-18H2,1H3. The number of amides is 2. The fourth-order valence-electron chi connectivity index (χ4n) is 4.77. The summed E-state index contributed by atoms with van der Waals surface area (Å²) in [5.41, 5.74) is 3.50. The molecular weight excluding hydrogens is 360 g/mol. The highest BCUT2D eigenvalue weighted by molar-refractivity contribution is 5.83. The second-order valence-corrected chi connectivity index (χ2v) is 8.45. The van der Waals surface area contributed by atoms with E-state index in [0.717, 1.165) is 31.2 Å². The van der Waals surface area contributed by atoms with Gasteiger partial charge in [0.1, 0.15) is 0 Å². The van der Waals surface area contributed by atoms with Crippen LogP contribution in [0.2, 0.25) is 0 Å². The molecular formula is C25H30N2O2. The molecule has 4 nitrogen and oxygen atoms in total. The van der Waals surface area contributed by atoms with Crippen molar-refractivity contribution in [3.63, 3.8) is 0 Å². The van der Waals surface area contributed by atoms with Gasteiger partial charge in [0, 0.05) is 32.6 Å². The smallest absolute Gasteiger partial charge is 0.227 e. The third kappa shape index (κ3) is 4.36. The van der Waals surface area contributed by atoms with E-state index in [2.05, 4.69) is 24.3 Å². The Kier molecular flexibility index (Phi) is 5.98. The first-order valence-electron chi connectivity index (χ1n) is 10.8. The molecule has 2 aromatic rings. The summed E-state index contributed by atoms with van der Waals surface area (Å²) in [6, 6.07) is 18.6. The lowest BCUT2D eigenvalue weighted by molar-refractivity contribution is -0.136. The van der Waals surface area contributed by atoms with E-state index >= 15 is 0 Å². The predicted molar refractivity (Wildman–Crippen MR) is 115 cm³/mol. The molecule has 29 heavy (non-hydrogen) atoms. The molecule has 1 atom stereocenters. The summed E-state index contributed by atoms with van der Waals surface area (Å²) < 4.78 is 0. The topological polar surface area (TPSA) is 40.6 Å². The first-order valence-corrected chi connectivity index (χ1v) is 10.8. The monoisotopic (exact) mass is 390 g/mol. The molecule has 1 heterocycles. The van der Waals surface area contributed by atoms with Crippen LogP contribution in [0.25, 0.3) is 11.1 Å². The fourth-order valence-corrected chi connectivity index (χ4v) is 4.77. The Labute approximate surface area is 173 Å². The van der Waals surface area contributed by atoms with Crippen LogP contribution in [0.1, 0.15) is 31.2 Å². The van der Waals surface area contributed by atoms with Gasteiger partial charge in [-0.2, -0.15) is 0 Å². The van der Waals surface area contributed by atoms with Gasteiger partial charge in [-0.25, -0.2) is 0 Å². The summed E-state index contributed by atoms with van der Waals surface area (Å²) in [4.78, 5) is 29.9. The van der Waals surface area contributed by atoms with Crippen LogP contribution in [0.3, 0.4) is 0 Å². The molecule has 0 radical (unpaired) electrons. The summed E-state index contributed by atoms with van der Waals surface area (Å²) >= 11 is 0. The van der Waals surface area contributed by atoms with Gasteiger partial charge in [0.2, 0.25) is 11.8 Å². The lowest BCUT2D eigenvalue weighted by Gasteiger charge is -2.26. The van der Waals surface area contributed by atoms with Crippen LogP contribution in [-0.2, 0) is 16.0 Å². The van der Waals surface area contributed by atoms with Gasteiger partial charge < -0.3 is 9.80 Å². The van der Waals surface area contributed by atoms with Crippen LogP contribution in [0, 0.1) is 11.8 Å². The Hall–Kier alpha value is -2.62. The summed E-state index contributed by atoms with van der Waals surface area (Å²) in [5.74, 6) is 0.366. The zero-order valence-corrected chi connectivity index (χ0v) is 17.2. The van der Waals surface area contributed by atoms with Gasteiger partial charge in [-0.3, -0.25) is 9.59 Å². The van der Waals surface area contributed by atoms with Crippen LogP contribution < -0.4 is 0 Å². The molecule has 1 aliphatic carbocycles. The van der Waals surface area contributed by atoms with Crippen molar-refractivity contribution in [1.82, 2.24) is 9.80 Å². The largest absolute Gasteiger partial charge is 0.344 e. The number of benzene rings is 2. The third-order valence-electron chi connectivity index (χ3n) is 6.46. The fraction of sp³-hybridized carbons (Fsp3) is 0.440. The van der Waals surface area contributed by atoms with E-state index in [1.54, 1.807) is 4.90 Å². The van der Waals surface area contributed by atoms with Gasteiger partial charge in [0.25, 0.3) is 0 Å². The number of nitrogens with zero attached hydrogens (tertiary/aromatic N) is 2. The van der Waals surface area contributed by atoms with Gasteiger partial charge in [-0.1, -0.05) is 67.4 Å². The minimum absolute atomic E-state index is 0.148. The maximum atomic E-state index is 13.1. The zero-order valence-electron chi connectivity index (χ0n) is 17.2. The summed E-state index contributed by atoms with van der Waals surface area (Å²) in [5, 5.41) is 0. The molecule has 2 aromatic carbocycles. The van der Waals surface area contributed by atoms with Crippen LogP contribution in [-0.4, -0.2) is 48.3 Å². The van der Waals surface area contributed by atoms with Gasteiger partial charge in [-0.05, 0) is 36.0 Å². The maximum Gasteiger partial charge on any atom is 0.227 e. The van der Waals surface area contributed by atoms with E-state index in [4.69, 9.17) is 0 Å². The Balaban J connectivity index is 1.58. The molecule has 2 aliphatic rings. The average Bonchev–Trinajstić information content (AvgIpc) is 3.26. The molecule has 1 unspecified atom stereocenters. The number of carbonyl (C=O) groups is 2. The van der Waals surface area contributed by atoms with E-state index in [1.165, 1.54) is 11.1 Å². The van der Waals surface area contributed by atoms with Crippen molar-refractivity contribution in [2.45, 2.75) is 32.1 Å². The summed E-state index contributed by atoms with van der Waals surface area (Å²) in [7, 11) is 1.86. The van der Waals surface area contributed by atoms with E-state index in [9.17, 15) is 9.59 Å². The molecule has 4 heteroatoms. The van der Waals surface area contributed by atoms with Crippen molar-refractivity contribution in [2.75, 3.05) is 26.7 Å². The Morgan fingerprint density at radius 1 is 0.966 bits per heavy atom. The van der Waals surface area contributed by atoms with Crippen molar-refractivity contribution >= 4 is 11.8 Å². The van der Waals surface area contributed by atoms with Crippen LogP contribution in [0.15, 0.2) is 54.6 Å². The molecule has 2 fully saturated rings. The molecule has 0 spiro atoms. The highest BCUT2D eigenvalue weighted by Gasteiger charge is 2.34. The minimum Gasteiger partial charge on any atom is -0.344 e. The van der Waals surface area contributed by atoms with E-state index in [-0.39, 0.29) is 23.7 Å². The Morgan fingerprint density at radius 2 is 1.66 bits per heavy atom. The molecule has 0 aromatic heterocycles. The number of likely N-dealkylation sites (N-methyl/N-ethyl adjacent to an activating group) is 1. The van der Waals surface area contributed by atoms with Crippen molar-refractivity contribution in [1.29, 1.82) is 0 Å². The minimum atomic E-state index is -0.197. The van der Waals surface area contributed by atoms with E-state index < -0.39 is 0 Å². The summed E-state index contributed by atoms with van der Waals surface area (Å²) in [6.07, 6.45) is 4.96. The molecule has 4 rings (SSSR count). The second kappa shape index (κ2) is 8.81. The van der Waals surface area contributed by atoms with Gasteiger partial charge >= 0.3 is 0 Å². The number of rotatable bonds is 4. The number of hydrogen-bond acceptors (Lipinski definition) is 2. The van der Waals surface area contributed by atoms with Gasteiger partial charge in [0.05, 0.1) is 5.92 Å². The molecule has 1 saturated carbocycles. The normalized spacial score (nSPS) is 20.7. The maximum absolute atomic E-state index is 13.1. The second-order valence-electron chi connectivity index (χ2n) is 8.45. The van der Waals surface area contributed by atoms with Gasteiger partial charge in [0.15, 0.2) is 0 Å². The molecule has 1 aliphatic heterocycles. The van der Waals surface area contributed by atoms with Crippen molar-refractivity contribution in [3.8, 4) is 11.1 Å². The summed E-state index contributed by atoms with van der Waals surface area (Å²) in [6.45, 7) is 1.80. The average molecular weight is 391 g/mol. The Bertz CT molecular complexity index is 858. The molecule has 0 N–H and O–H groups in total. The highest BCUT2D eigenvalue weighted by atomic mass is 16.2. The zero-order chi connectivity index (χ0) is 20.2. The third-order valence-corrected chi connectivity index (χ3v) is 6.46. The molecule has 0 bridgehead atoms. The number of carbonyl (C=O) groups excluding carboxylic acids is 2. The van der Waals surface area contributed by atoms with E-state index in [0.29, 0.717) is 26.1 Å². The molecule has 152 valence electrons. The van der Waals surface area contributed by atoms with Crippen molar-refractivity contribution < 1.29 is 9.59 Å². The first kappa shape index (κ1) is 19.7. The predicted octanol–water partition coefficient (Wildman–Crippen LogP) is 4.00. The number of hydrogen-bond donors (Lipinski definition) is 0. The van der Waals surface area contributed by atoms with Crippen LogP contribution >= 0.6 is 0 Å². The molecule has 1 saturated heterocycles. The van der Waals surface area contributed by atoms with E-state index in [1.807, 2.05) is 42.3 Å². The van der Waals surface area contributed by atoms with Crippen LogP contribution in [0.5, 0.6) is 0 Å². The lowest BCUT2D eigenvalue weighted by atomic mass is 9.91. The first-order chi connectivity index (χ1) is 14.1. The molecule has 2 amide bonds. The van der Waals surface area contributed by atoms with Crippen LogP contribution in [0.4, 0.5) is 0 Å². The quantitative estimate of drug-likeness (QED) is 0.792. The SMILES string of the molecule is CN1CCN(C(=O)C2CCCC2)CC(Cc2ccccc2-c2ccccc2)C1=O.